The molecule has 1 atom stereocenters. The summed E-state index contributed by atoms with van der Waals surface area (Å²) in [6.45, 7) is 4.55. The van der Waals surface area contributed by atoms with E-state index in [0.717, 1.165) is 81.6 Å². The van der Waals surface area contributed by atoms with Crippen molar-refractivity contribution >= 4 is 17.4 Å². The Labute approximate surface area is 243 Å². The summed E-state index contributed by atoms with van der Waals surface area (Å²) in [5, 5.41) is 38.2. The van der Waals surface area contributed by atoms with E-state index in [1.165, 1.54) is 11.6 Å². The van der Waals surface area contributed by atoms with Crippen molar-refractivity contribution in [1.29, 1.82) is 0 Å². The molecule has 0 radical (unpaired) electrons. The van der Waals surface area contributed by atoms with Crippen LogP contribution in [0.4, 0.5) is 16.2 Å². The van der Waals surface area contributed by atoms with E-state index in [1.807, 2.05) is 49.4 Å². The van der Waals surface area contributed by atoms with Crippen molar-refractivity contribution < 1.29 is 24.9 Å². The second-order valence-corrected chi connectivity index (χ2v) is 10.4. The largest absolute Gasteiger partial charge is 0.508 e. The molecule has 0 spiro atoms. The quantitative estimate of drug-likeness (QED) is 0.105. The molecule has 0 aliphatic rings. The van der Waals surface area contributed by atoms with Gasteiger partial charge in [0.2, 0.25) is 0 Å². The summed E-state index contributed by atoms with van der Waals surface area (Å²) in [6, 6.07) is 20.2. The number of rotatable bonds is 18. The molecule has 0 saturated heterocycles. The van der Waals surface area contributed by atoms with E-state index in [1.54, 1.807) is 12.1 Å². The molecule has 3 rings (SSSR count). The Morgan fingerprint density at radius 2 is 1.59 bits per heavy atom. The summed E-state index contributed by atoms with van der Waals surface area (Å²) in [5.74, 6) is 0.0393. The molecule has 1 unspecified atom stereocenters. The van der Waals surface area contributed by atoms with E-state index in [0.29, 0.717) is 17.7 Å². The minimum atomic E-state index is -0.675. The number of carbonyl (C=O) groups excluding carboxylic acids is 1. The van der Waals surface area contributed by atoms with Crippen LogP contribution in [0.15, 0.2) is 66.7 Å². The summed E-state index contributed by atoms with van der Waals surface area (Å²) in [7, 11) is 0. The monoisotopic (exact) mass is 563 g/mol. The van der Waals surface area contributed by atoms with Gasteiger partial charge in [-0.25, -0.2) is 4.79 Å². The number of hydrogen-bond donors (Lipinski definition) is 6. The van der Waals surface area contributed by atoms with Gasteiger partial charge in [0, 0.05) is 36.7 Å². The van der Waals surface area contributed by atoms with Crippen molar-refractivity contribution in [3.63, 3.8) is 0 Å². The van der Waals surface area contributed by atoms with E-state index < -0.39 is 6.10 Å². The number of unbranched alkanes of at least 4 members (excludes halogenated alkanes) is 4. The predicted molar refractivity (Wildman–Crippen MR) is 164 cm³/mol. The van der Waals surface area contributed by atoms with Gasteiger partial charge in [-0.3, -0.25) is 0 Å². The molecular weight excluding hydrogens is 518 g/mol. The SMILES string of the molecule is Cc1ccc(NC(=O)Nc2cccc(CCCCOCCCCCCNCC(O)c3ccc(O)c(CO)c3)c2)cc1. The Morgan fingerprint density at radius 1 is 0.854 bits per heavy atom. The molecule has 0 aliphatic carbocycles. The van der Waals surface area contributed by atoms with Crippen molar-refractivity contribution in [1.82, 2.24) is 5.32 Å². The zero-order valence-corrected chi connectivity index (χ0v) is 24.1. The van der Waals surface area contributed by atoms with Crippen LogP contribution in [0.1, 0.15) is 66.9 Å². The van der Waals surface area contributed by atoms with Crippen molar-refractivity contribution in [2.24, 2.45) is 0 Å². The molecule has 6 N–H and O–H groups in total. The summed E-state index contributed by atoms with van der Waals surface area (Å²) >= 11 is 0. The van der Waals surface area contributed by atoms with Gasteiger partial charge in [0.25, 0.3) is 0 Å². The van der Waals surface area contributed by atoms with Crippen LogP contribution in [0, 0.1) is 6.92 Å². The minimum absolute atomic E-state index is 0.0393. The molecule has 222 valence electrons. The zero-order valence-electron chi connectivity index (χ0n) is 24.1. The number of anilines is 2. The van der Waals surface area contributed by atoms with Gasteiger partial charge in [0.1, 0.15) is 5.75 Å². The van der Waals surface area contributed by atoms with E-state index in [9.17, 15) is 20.1 Å². The number of carbonyl (C=O) groups is 1. The lowest BCUT2D eigenvalue weighted by Crippen LogP contribution is -2.22. The first-order valence-electron chi connectivity index (χ1n) is 14.6. The Balaban J connectivity index is 1.16. The van der Waals surface area contributed by atoms with Crippen LogP contribution in [0.3, 0.4) is 0 Å². The Kier molecular flexibility index (Phi) is 14.2. The number of amides is 2. The minimum Gasteiger partial charge on any atom is -0.508 e. The van der Waals surface area contributed by atoms with E-state index in [2.05, 4.69) is 22.0 Å². The summed E-state index contributed by atoms with van der Waals surface area (Å²) < 4.78 is 5.80. The fraction of sp³-hybridized carbons (Fsp3) is 0.424. The highest BCUT2D eigenvalue weighted by atomic mass is 16.5. The fourth-order valence-electron chi connectivity index (χ4n) is 4.47. The maximum atomic E-state index is 12.3. The van der Waals surface area contributed by atoms with Crippen molar-refractivity contribution in [2.45, 2.75) is 64.6 Å². The van der Waals surface area contributed by atoms with Crippen LogP contribution in [0.25, 0.3) is 0 Å². The molecule has 2 amide bonds. The topological polar surface area (TPSA) is 123 Å². The second-order valence-electron chi connectivity index (χ2n) is 10.4. The number of nitrogens with one attached hydrogen (secondary N) is 3. The molecule has 0 aromatic heterocycles. The average molecular weight is 564 g/mol. The lowest BCUT2D eigenvalue weighted by molar-refractivity contribution is 0.126. The van der Waals surface area contributed by atoms with Gasteiger partial charge < -0.3 is 36.0 Å². The highest BCUT2D eigenvalue weighted by Gasteiger charge is 2.10. The molecule has 0 bridgehead atoms. The van der Waals surface area contributed by atoms with Gasteiger partial charge in [-0.15, -0.1) is 0 Å². The van der Waals surface area contributed by atoms with Crippen LogP contribution in [-0.2, 0) is 17.8 Å². The van der Waals surface area contributed by atoms with Gasteiger partial charge in [-0.2, -0.15) is 0 Å². The molecule has 0 fully saturated rings. The first kappa shape index (κ1) is 32.1. The summed E-state index contributed by atoms with van der Waals surface area (Å²) in [5.41, 5.74) is 4.99. The van der Waals surface area contributed by atoms with Crippen LogP contribution < -0.4 is 16.0 Å². The predicted octanol–water partition coefficient (Wildman–Crippen LogP) is 6.06. The number of aryl methyl sites for hydroxylation is 2. The van der Waals surface area contributed by atoms with Crippen LogP contribution in [-0.4, -0.2) is 47.7 Å². The molecular formula is C33H45N3O5. The molecule has 0 saturated carbocycles. The number of hydrogen-bond acceptors (Lipinski definition) is 6. The lowest BCUT2D eigenvalue weighted by atomic mass is 10.1. The third-order valence-electron chi connectivity index (χ3n) is 6.89. The van der Waals surface area contributed by atoms with Crippen LogP contribution in [0.5, 0.6) is 5.75 Å². The first-order chi connectivity index (χ1) is 19.9. The van der Waals surface area contributed by atoms with Crippen molar-refractivity contribution in [2.75, 3.05) is 36.9 Å². The highest BCUT2D eigenvalue weighted by Crippen LogP contribution is 2.22. The van der Waals surface area contributed by atoms with E-state index in [-0.39, 0.29) is 18.4 Å². The molecule has 3 aromatic rings. The van der Waals surface area contributed by atoms with Crippen LogP contribution >= 0.6 is 0 Å². The first-order valence-corrected chi connectivity index (χ1v) is 14.6. The third-order valence-corrected chi connectivity index (χ3v) is 6.89. The molecule has 8 heteroatoms. The van der Waals surface area contributed by atoms with Crippen molar-refractivity contribution in [3.8, 4) is 5.75 Å². The maximum absolute atomic E-state index is 12.3. The van der Waals surface area contributed by atoms with E-state index >= 15 is 0 Å². The molecule has 0 aliphatic heterocycles. The normalized spacial score (nSPS) is 11.8. The van der Waals surface area contributed by atoms with Gasteiger partial charge in [-0.05, 0) is 93.1 Å². The number of aliphatic hydroxyl groups is 2. The number of benzene rings is 3. The third kappa shape index (κ3) is 12.3. The molecule has 3 aromatic carbocycles. The fourth-order valence-corrected chi connectivity index (χ4v) is 4.47. The average Bonchev–Trinajstić information content (AvgIpc) is 2.97. The molecule has 0 heterocycles. The zero-order chi connectivity index (χ0) is 29.3. The lowest BCUT2D eigenvalue weighted by Gasteiger charge is -2.14. The number of aliphatic hydroxyl groups excluding tert-OH is 2. The summed E-state index contributed by atoms with van der Waals surface area (Å²) in [4.78, 5) is 12.3. The van der Waals surface area contributed by atoms with Crippen molar-refractivity contribution in [3.05, 3.63) is 89.0 Å². The molecule has 8 nitrogen and oxygen atoms in total. The Bertz CT molecular complexity index is 1190. The van der Waals surface area contributed by atoms with E-state index in [4.69, 9.17) is 4.74 Å². The number of aromatic hydroxyl groups is 1. The Morgan fingerprint density at radius 3 is 2.37 bits per heavy atom. The number of urea groups is 1. The standard InChI is InChI=1S/C33H45N3O5/c1-25-12-15-29(16-13-25)35-33(40)36-30-11-8-10-26(21-30)9-4-7-20-41-19-6-3-2-5-18-34-23-32(39)27-14-17-31(38)28(22-27)24-37/h8,10-17,21-22,32,34,37-39H,2-7,9,18-20,23-24H2,1H3,(H2,35,36,40). The highest BCUT2D eigenvalue weighted by molar-refractivity contribution is 5.99. The maximum Gasteiger partial charge on any atom is 0.323 e. The number of ether oxygens (including phenoxy) is 1. The van der Waals surface area contributed by atoms with Gasteiger partial charge >= 0.3 is 6.03 Å². The van der Waals surface area contributed by atoms with Gasteiger partial charge in [-0.1, -0.05) is 48.7 Å². The van der Waals surface area contributed by atoms with Gasteiger partial charge in [0.05, 0.1) is 12.7 Å². The number of phenols is 1. The molecule has 41 heavy (non-hydrogen) atoms. The Hall–Kier alpha value is -3.43. The van der Waals surface area contributed by atoms with Gasteiger partial charge in [0.15, 0.2) is 0 Å². The smallest absolute Gasteiger partial charge is 0.323 e. The second kappa shape index (κ2) is 18.1. The van der Waals surface area contributed by atoms with Crippen LogP contribution in [0.2, 0.25) is 0 Å². The summed E-state index contributed by atoms with van der Waals surface area (Å²) in [6.07, 6.45) is 6.58.